The van der Waals surface area contributed by atoms with E-state index >= 15 is 0 Å². The van der Waals surface area contributed by atoms with Crippen molar-refractivity contribution in [2.45, 2.75) is 147 Å². The van der Waals surface area contributed by atoms with Crippen molar-refractivity contribution in [3.05, 3.63) is 0 Å². The number of hydrogen-bond acceptors (Lipinski definition) is 10. The van der Waals surface area contributed by atoms with E-state index < -0.39 is 30.1 Å². The van der Waals surface area contributed by atoms with Gasteiger partial charge in [-0.05, 0) is 57.8 Å². The first-order valence-electron chi connectivity index (χ1n) is 21.3. The maximum absolute atomic E-state index is 12.2. The Hall–Kier alpha value is -0.900. The number of nitrogens with two attached hydrogens (primary N) is 1. The molecule has 3 heterocycles. The normalized spacial score (nSPS) is 24.4. The number of sulfonamides is 3. The van der Waals surface area contributed by atoms with E-state index in [4.69, 9.17) is 5.73 Å². The molecule has 54 heavy (non-hydrogen) atoms. The summed E-state index contributed by atoms with van der Waals surface area (Å²) in [5, 5.41) is 9.71. The molecular formula is C38H75N7O6S3. The molecule has 0 amide bonds. The molecule has 5 fully saturated rings. The van der Waals surface area contributed by atoms with Crippen molar-refractivity contribution in [1.29, 1.82) is 5.26 Å². The summed E-state index contributed by atoms with van der Waals surface area (Å²) in [5.74, 6) is 0.818. The van der Waals surface area contributed by atoms with E-state index in [0.717, 1.165) is 71.1 Å². The Morgan fingerprint density at radius 2 is 0.815 bits per heavy atom. The molecule has 16 heteroatoms. The van der Waals surface area contributed by atoms with Gasteiger partial charge in [-0.3, -0.25) is 9.80 Å². The molecule has 0 unspecified atom stereocenters. The number of nitrogens with zero attached hydrogens (tertiary/aromatic N) is 6. The van der Waals surface area contributed by atoms with Gasteiger partial charge in [-0.25, -0.2) is 29.6 Å². The van der Waals surface area contributed by atoms with Crippen LogP contribution in [0, 0.1) is 11.3 Å². The van der Waals surface area contributed by atoms with Crippen molar-refractivity contribution in [2.24, 2.45) is 5.73 Å². The third-order valence-electron chi connectivity index (χ3n) is 12.2. The first kappa shape index (κ1) is 47.5. The summed E-state index contributed by atoms with van der Waals surface area (Å²) in [6.07, 6.45) is 19.3. The average molecular weight is 822 g/mol. The van der Waals surface area contributed by atoms with E-state index in [1.54, 1.807) is 12.9 Å². The van der Waals surface area contributed by atoms with Gasteiger partial charge in [0.2, 0.25) is 30.1 Å². The first-order chi connectivity index (χ1) is 25.7. The molecule has 2 aliphatic carbocycles. The number of piperidine rings is 1. The van der Waals surface area contributed by atoms with Gasteiger partial charge in [0.25, 0.3) is 0 Å². The van der Waals surface area contributed by atoms with Gasteiger partial charge in [-0.15, -0.1) is 0 Å². The molecule has 0 spiro atoms. The summed E-state index contributed by atoms with van der Waals surface area (Å²) in [5.41, 5.74) is 5.91. The van der Waals surface area contributed by atoms with E-state index in [1.165, 1.54) is 57.8 Å². The Labute approximate surface area is 330 Å². The topological polar surface area (TPSA) is 168 Å². The van der Waals surface area contributed by atoms with Gasteiger partial charge in [-0.1, -0.05) is 78.6 Å². The zero-order valence-electron chi connectivity index (χ0n) is 34.1. The molecule has 5 aliphatic rings. The van der Waals surface area contributed by atoms with Gasteiger partial charge in [0, 0.05) is 77.5 Å². The number of piperazine rings is 2. The van der Waals surface area contributed by atoms with Crippen molar-refractivity contribution >= 4 is 30.1 Å². The van der Waals surface area contributed by atoms with Crippen LogP contribution in [-0.4, -0.2) is 148 Å². The molecule has 0 aromatic heterocycles. The molecule has 2 N–H and O–H groups in total. The van der Waals surface area contributed by atoms with E-state index in [1.807, 2.05) is 20.8 Å². The highest BCUT2D eigenvalue weighted by Gasteiger charge is 2.41. The largest absolute Gasteiger partial charge is 0.329 e. The minimum absolute atomic E-state index is 0.122. The molecule has 3 saturated heterocycles. The summed E-state index contributed by atoms with van der Waals surface area (Å²) in [4.78, 5) is 4.73. The quantitative estimate of drug-likeness (QED) is 0.276. The van der Waals surface area contributed by atoms with E-state index in [-0.39, 0.29) is 22.6 Å². The second kappa shape index (κ2) is 22.9. The van der Waals surface area contributed by atoms with Crippen LogP contribution in [-0.2, 0) is 30.1 Å². The lowest BCUT2D eigenvalue weighted by molar-refractivity contribution is 0.0468. The molecule has 0 atom stereocenters. The molecule has 0 radical (unpaired) electrons. The molecule has 0 aromatic carbocycles. The van der Waals surface area contributed by atoms with Crippen LogP contribution in [0.25, 0.3) is 0 Å². The van der Waals surface area contributed by atoms with Gasteiger partial charge in [0.15, 0.2) is 0 Å². The Morgan fingerprint density at radius 1 is 0.481 bits per heavy atom. The van der Waals surface area contributed by atoms with E-state index in [2.05, 4.69) is 15.9 Å². The predicted molar refractivity (Wildman–Crippen MR) is 219 cm³/mol. The fraction of sp³-hybridized carbons (Fsp3) is 0.974. The standard InChI is InChI=1S/C15H31N3O2S.C15H27N3O2S.C8H17NO2S/c2*1-2-13-21(19,20)18-11-9-17(10-12-18)15(14-16)7-5-3-4-6-8-15;1-2-8-12(10,11)9-6-4-3-5-7-9/h2-14,16H2,1H3;2-13H2,1H3;2-8H2,1H3. The van der Waals surface area contributed by atoms with Gasteiger partial charge < -0.3 is 5.73 Å². The van der Waals surface area contributed by atoms with Crippen LogP contribution in [0.5, 0.6) is 0 Å². The molecular weight excluding hydrogens is 747 g/mol. The van der Waals surface area contributed by atoms with Crippen LogP contribution in [0.3, 0.4) is 0 Å². The Bertz CT molecular complexity index is 1430. The van der Waals surface area contributed by atoms with E-state index in [0.29, 0.717) is 64.4 Å². The van der Waals surface area contributed by atoms with Crippen LogP contribution in [0.4, 0.5) is 0 Å². The summed E-state index contributed by atoms with van der Waals surface area (Å²) in [6, 6.07) is 2.56. The highest BCUT2D eigenvalue weighted by Crippen LogP contribution is 2.34. The SMILES string of the molecule is CCCS(=O)(=O)N1CCCCC1.CCCS(=O)(=O)N1CCN(C2(C#N)CCCCCC2)CC1.CCCS(=O)(=O)N1CCN(C2(CN)CCCCCC2)CC1. The summed E-state index contributed by atoms with van der Waals surface area (Å²) in [6.45, 7) is 13.3. The number of hydrogen-bond donors (Lipinski definition) is 1. The lowest BCUT2D eigenvalue weighted by Crippen LogP contribution is -2.60. The van der Waals surface area contributed by atoms with Crippen LogP contribution >= 0.6 is 0 Å². The van der Waals surface area contributed by atoms with Crippen molar-refractivity contribution in [3.8, 4) is 6.07 Å². The maximum Gasteiger partial charge on any atom is 0.214 e. The fourth-order valence-corrected chi connectivity index (χ4v) is 13.6. The molecule has 3 aliphatic heterocycles. The minimum atomic E-state index is -3.10. The van der Waals surface area contributed by atoms with Crippen molar-refractivity contribution in [2.75, 3.05) is 89.3 Å². The number of nitriles is 1. The summed E-state index contributed by atoms with van der Waals surface area (Å²) >= 11 is 0. The van der Waals surface area contributed by atoms with Crippen LogP contribution in [0.1, 0.15) is 136 Å². The van der Waals surface area contributed by atoms with Crippen LogP contribution < -0.4 is 5.73 Å². The van der Waals surface area contributed by atoms with Gasteiger partial charge in [0.05, 0.1) is 23.3 Å². The third kappa shape index (κ3) is 13.6. The average Bonchev–Trinajstić information content (AvgIpc) is 3.58. The third-order valence-corrected chi connectivity index (χ3v) is 18.4. The highest BCUT2D eigenvalue weighted by molar-refractivity contribution is 7.89. The number of rotatable bonds is 12. The zero-order valence-corrected chi connectivity index (χ0v) is 36.5. The van der Waals surface area contributed by atoms with Gasteiger partial charge in [-0.2, -0.15) is 13.9 Å². The van der Waals surface area contributed by atoms with Crippen molar-refractivity contribution in [3.63, 3.8) is 0 Å². The molecule has 0 aromatic rings. The lowest BCUT2D eigenvalue weighted by atomic mass is 9.87. The molecule has 0 bridgehead atoms. The van der Waals surface area contributed by atoms with Gasteiger partial charge >= 0.3 is 0 Å². The van der Waals surface area contributed by atoms with Gasteiger partial charge in [0.1, 0.15) is 5.54 Å². The molecule has 2 saturated carbocycles. The second-order valence-electron chi connectivity index (χ2n) is 16.1. The van der Waals surface area contributed by atoms with Crippen LogP contribution in [0.15, 0.2) is 0 Å². The molecule has 13 nitrogen and oxygen atoms in total. The summed E-state index contributed by atoms with van der Waals surface area (Å²) < 4.78 is 76.5. The second-order valence-corrected chi connectivity index (χ2v) is 22.3. The van der Waals surface area contributed by atoms with Crippen molar-refractivity contribution < 1.29 is 25.3 Å². The maximum atomic E-state index is 12.2. The first-order valence-corrected chi connectivity index (χ1v) is 26.1. The minimum Gasteiger partial charge on any atom is -0.329 e. The Kier molecular flexibility index (Phi) is 20.1. The van der Waals surface area contributed by atoms with Crippen molar-refractivity contribution in [1.82, 2.24) is 22.7 Å². The zero-order chi connectivity index (χ0) is 39.7. The smallest absolute Gasteiger partial charge is 0.214 e. The Balaban J connectivity index is 0.000000227. The fourth-order valence-electron chi connectivity index (χ4n) is 8.99. The highest BCUT2D eigenvalue weighted by atomic mass is 32.2. The monoisotopic (exact) mass is 821 g/mol. The Morgan fingerprint density at radius 3 is 1.17 bits per heavy atom. The molecule has 5 rings (SSSR count). The molecule has 316 valence electrons. The van der Waals surface area contributed by atoms with E-state index in [9.17, 15) is 30.5 Å². The van der Waals surface area contributed by atoms with Crippen LogP contribution in [0.2, 0.25) is 0 Å². The summed E-state index contributed by atoms with van der Waals surface area (Å²) in [7, 11) is -9.04. The lowest BCUT2D eigenvalue weighted by Gasteiger charge is -2.47. The predicted octanol–water partition coefficient (Wildman–Crippen LogP) is 4.57.